The van der Waals surface area contributed by atoms with Gasteiger partial charge in [-0.05, 0) is 85.0 Å². The first-order valence-corrected chi connectivity index (χ1v) is 16.5. The van der Waals surface area contributed by atoms with E-state index in [1.807, 2.05) is 59.7 Å². The molecule has 11 heteroatoms. The third kappa shape index (κ3) is 12.9. The summed E-state index contributed by atoms with van der Waals surface area (Å²) < 4.78 is 10.9. The molecule has 1 heterocycles. The van der Waals surface area contributed by atoms with E-state index in [4.69, 9.17) is 14.7 Å². The molecule has 2 N–H and O–H groups in total. The van der Waals surface area contributed by atoms with E-state index in [-0.39, 0.29) is 30.1 Å². The van der Waals surface area contributed by atoms with Crippen LogP contribution in [0.1, 0.15) is 97.1 Å². The summed E-state index contributed by atoms with van der Waals surface area (Å²) in [4.78, 5) is 41.1. The van der Waals surface area contributed by atoms with Crippen LogP contribution in [0.4, 0.5) is 4.79 Å². The molecule has 2 fully saturated rings. The van der Waals surface area contributed by atoms with E-state index in [1.165, 1.54) is 0 Å². The number of alkyl carbamates (subject to hydrolysis) is 1. The Morgan fingerprint density at radius 1 is 1.20 bits per heavy atom. The first-order chi connectivity index (χ1) is 21.6. The van der Waals surface area contributed by atoms with Crippen molar-refractivity contribution < 1.29 is 23.9 Å². The number of ether oxygens (including phenoxy) is 2. The van der Waals surface area contributed by atoms with Gasteiger partial charge in [-0.15, -0.1) is 0 Å². The second-order valence-electron chi connectivity index (χ2n) is 13.2. The zero-order chi connectivity index (χ0) is 35.2. The van der Waals surface area contributed by atoms with Crippen LogP contribution in [0.2, 0.25) is 0 Å². The highest BCUT2D eigenvalue weighted by molar-refractivity contribution is 5.94. The van der Waals surface area contributed by atoms with Gasteiger partial charge in [-0.25, -0.2) is 4.79 Å². The van der Waals surface area contributed by atoms with E-state index in [1.54, 1.807) is 26.0 Å². The van der Waals surface area contributed by atoms with Crippen LogP contribution in [0.25, 0.3) is 0 Å². The van der Waals surface area contributed by atoms with Gasteiger partial charge in [0.1, 0.15) is 11.6 Å². The van der Waals surface area contributed by atoms with Gasteiger partial charge in [0.25, 0.3) is 5.91 Å². The quantitative estimate of drug-likeness (QED) is 0.310. The molecule has 0 radical (unpaired) electrons. The van der Waals surface area contributed by atoms with Crippen LogP contribution >= 0.6 is 0 Å². The van der Waals surface area contributed by atoms with Crippen LogP contribution in [0.5, 0.6) is 0 Å². The molecule has 260 valence electrons. The predicted molar refractivity (Wildman–Crippen MR) is 182 cm³/mol. The monoisotopic (exact) mass is 644 g/mol. The number of methoxy groups -OCH3 is 1. The van der Waals surface area contributed by atoms with E-state index in [9.17, 15) is 14.4 Å². The highest BCUT2D eigenvalue weighted by Crippen LogP contribution is 2.35. The Kier molecular flexibility index (Phi) is 17.3. The Balaban J connectivity index is 0.000000679. The number of likely N-dealkylation sites (tertiary alicyclic amines) is 1. The van der Waals surface area contributed by atoms with Gasteiger partial charge in [0.2, 0.25) is 6.41 Å². The fourth-order valence-corrected chi connectivity index (χ4v) is 5.62. The van der Waals surface area contributed by atoms with E-state index >= 15 is 0 Å². The summed E-state index contributed by atoms with van der Waals surface area (Å²) in [5.41, 5.74) is 1.26. The fourth-order valence-electron chi connectivity index (χ4n) is 5.62. The average Bonchev–Trinajstić information content (AvgIpc) is 3.60. The number of hydrogen-bond acceptors (Lipinski definition) is 8. The van der Waals surface area contributed by atoms with Crippen LogP contribution < -0.4 is 10.6 Å². The van der Waals surface area contributed by atoms with Crippen LogP contribution in [0.3, 0.4) is 0 Å². The lowest BCUT2D eigenvalue weighted by molar-refractivity contribution is -0.119. The average molecular weight is 645 g/mol. The molecule has 0 aromatic heterocycles. The Morgan fingerprint density at radius 3 is 2.33 bits per heavy atom. The van der Waals surface area contributed by atoms with Gasteiger partial charge >= 0.3 is 6.09 Å². The van der Waals surface area contributed by atoms with Crippen molar-refractivity contribution in [3.63, 3.8) is 0 Å². The molecule has 1 aromatic carbocycles. The highest BCUT2D eigenvalue weighted by Gasteiger charge is 2.39. The summed E-state index contributed by atoms with van der Waals surface area (Å²) in [7, 11) is 5.51. The minimum atomic E-state index is -0.519. The third-order valence-corrected chi connectivity index (χ3v) is 8.39. The minimum Gasteiger partial charge on any atom is -0.444 e. The Labute approximate surface area is 277 Å². The number of nitrogens with zero attached hydrogens (tertiary/aromatic N) is 4. The van der Waals surface area contributed by atoms with Crippen molar-refractivity contribution in [1.82, 2.24) is 25.3 Å². The van der Waals surface area contributed by atoms with Crippen LogP contribution in [0, 0.1) is 17.2 Å². The molecular formula is C35H60N6O5. The summed E-state index contributed by atoms with van der Waals surface area (Å²) in [6.45, 7) is 19.8. The largest absolute Gasteiger partial charge is 0.444 e. The van der Waals surface area contributed by atoms with Crippen LogP contribution in [-0.4, -0.2) is 110 Å². The predicted octanol–water partition coefficient (Wildman–Crippen LogP) is 4.83. The molecule has 2 aliphatic rings. The first kappa shape index (κ1) is 40.8. The minimum absolute atomic E-state index is 0.0510. The van der Waals surface area contributed by atoms with Crippen molar-refractivity contribution in [3.05, 3.63) is 35.4 Å². The number of carbonyl (C=O) groups is 3. The molecule has 6 unspecified atom stereocenters. The molecule has 46 heavy (non-hydrogen) atoms. The smallest absolute Gasteiger partial charge is 0.407 e. The normalized spacial score (nSPS) is 22.4. The van der Waals surface area contributed by atoms with E-state index in [0.29, 0.717) is 30.2 Å². The third-order valence-electron chi connectivity index (χ3n) is 8.39. The number of carbonyl (C=O) groups excluding carboxylic acids is 3. The number of likely N-dealkylation sites (N-methyl/N-ethyl adjacent to an activating group) is 1. The van der Waals surface area contributed by atoms with Crippen molar-refractivity contribution in [3.8, 4) is 6.07 Å². The summed E-state index contributed by atoms with van der Waals surface area (Å²) in [6, 6.07) is 10.6. The van der Waals surface area contributed by atoms with Crippen LogP contribution in [-0.2, 0) is 14.3 Å². The second-order valence-corrected chi connectivity index (χ2v) is 13.2. The fraction of sp³-hybridized carbons (Fsp3) is 0.714. The van der Waals surface area contributed by atoms with Crippen molar-refractivity contribution in [1.29, 1.82) is 5.26 Å². The number of nitrogens with one attached hydrogen (secondary N) is 2. The summed E-state index contributed by atoms with van der Waals surface area (Å²) in [5.74, 6) is 0.501. The summed E-state index contributed by atoms with van der Waals surface area (Å²) in [5, 5.41) is 14.2. The van der Waals surface area contributed by atoms with Gasteiger partial charge in [0, 0.05) is 63.0 Å². The van der Waals surface area contributed by atoms with Gasteiger partial charge in [0.05, 0.1) is 12.7 Å². The summed E-state index contributed by atoms with van der Waals surface area (Å²) in [6.07, 6.45) is 2.41. The number of amides is 3. The molecule has 1 aromatic rings. The lowest BCUT2D eigenvalue weighted by Gasteiger charge is -2.31. The van der Waals surface area contributed by atoms with Crippen molar-refractivity contribution in [2.75, 3.05) is 40.9 Å². The van der Waals surface area contributed by atoms with Gasteiger partial charge < -0.3 is 25.0 Å². The first-order valence-electron chi connectivity index (χ1n) is 16.5. The maximum absolute atomic E-state index is 12.2. The lowest BCUT2D eigenvalue weighted by atomic mass is 10.0. The van der Waals surface area contributed by atoms with E-state index in [0.717, 1.165) is 37.9 Å². The van der Waals surface area contributed by atoms with Gasteiger partial charge in [0.15, 0.2) is 0 Å². The van der Waals surface area contributed by atoms with Gasteiger partial charge in [-0.3, -0.25) is 19.4 Å². The molecule has 3 amide bonds. The number of hydrogen-bond donors (Lipinski definition) is 2. The molecule has 7 atom stereocenters. The zero-order valence-electron chi connectivity index (χ0n) is 30.3. The van der Waals surface area contributed by atoms with Gasteiger partial charge in [-0.1, -0.05) is 32.9 Å². The number of rotatable bonds is 12. The standard InChI is InChI=1S/C25H42N4O4.C8H12N2O.C2H6/c1-17(27-24(31)33-25(3,4)5)14-29-15-21(13-22(29)16-32-8)28(7)18(2)19-10-9-11-20(12-19)23(30)26-6;1-6-3-8(6)10(5-11)7(2)4-9;1-2/h9-12,17-18,21-22H,13-16H2,1-8H3,(H,26,30)(H,27,31);5-8H,3H2,1-2H3;1-2H3/t17?,18?,21-,22?;;/m0../s1. The molecule has 0 spiro atoms. The molecule has 0 bridgehead atoms. The molecule has 3 rings (SSSR count). The Hall–Kier alpha value is -3.20. The topological polar surface area (TPSA) is 127 Å². The van der Waals surface area contributed by atoms with Crippen molar-refractivity contribution in [2.24, 2.45) is 5.92 Å². The highest BCUT2D eigenvalue weighted by atomic mass is 16.6. The van der Waals surface area contributed by atoms with E-state index < -0.39 is 11.7 Å². The molecular weight excluding hydrogens is 584 g/mol. The van der Waals surface area contributed by atoms with Crippen LogP contribution in [0.15, 0.2) is 24.3 Å². The summed E-state index contributed by atoms with van der Waals surface area (Å²) >= 11 is 0. The molecule has 1 saturated heterocycles. The molecule has 11 nitrogen and oxygen atoms in total. The van der Waals surface area contributed by atoms with Crippen molar-refractivity contribution >= 4 is 18.4 Å². The Bertz CT molecular complexity index is 1140. The van der Waals surface area contributed by atoms with Gasteiger partial charge in [-0.2, -0.15) is 5.26 Å². The Morgan fingerprint density at radius 2 is 1.83 bits per heavy atom. The second kappa shape index (κ2) is 19.5. The number of benzene rings is 1. The maximum Gasteiger partial charge on any atom is 0.407 e. The number of nitriles is 1. The SMILES string of the molecule is CC.CC1CC1N(C=O)C(C)C#N.CNC(=O)c1cccc(C(C)N(C)[C@H]2CC(COC)N(CC(C)NC(=O)OC(C)(C)C)C2)c1. The zero-order valence-corrected chi connectivity index (χ0v) is 30.3. The lowest BCUT2D eigenvalue weighted by Crippen LogP contribution is -2.46. The molecule has 1 saturated carbocycles. The maximum atomic E-state index is 12.2. The van der Waals surface area contributed by atoms with Crippen molar-refractivity contribution in [2.45, 2.75) is 117 Å². The van der Waals surface area contributed by atoms with E-state index in [2.05, 4.69) is 53.5 Å². The molecule has 1 aliphatic carbocycles. The molecule has 1 aliphatic heterocycles.